The molecule has 4 heterocycles. The predicted octanol–water partition coefficient (Wildman–Crippen LogP) is 2.43. The van der Waals surface area contributed by atoms with Gasteiger partial charge in [0.15, 0.2) is 0 Å². The van der Waals surface area contributed by atoms with Crippen LogP contribution in [0.2, 0.25) is 0 Å². The lowest BCUT2D eigenvalue weighted by molar-refractivity contribution is -0.143. The zero-order valence-electron chi connectivity index (χ0n) is 15.3. The molecule has 4 fully saturated rings. The van der Waals surface area contributed by atoms with E-state index < -0.39 is 5.41 Å². The standard InChI is InChI=1S/C21H27N3O2/c22-16-21(8-10-26-11-9-21)20(25)24-14-18-6-7-19(15-24)23(13-18)12-17-4-2-1-3-5-17/h1-5,18-19H,6-15H2/t18-,19-/m0/s1. The second kappa shape index (κ2) is 7.38. The van der Waals surface area contributed by atoms with E-state index in [1.807, 2.05) is 11.0 Å². The van der Waals surface area contributed by atoms with Gasteiger partial charge < -0.3 is 9.64 Å². The molecule has 5 rings (SSSR count). The molecular formula is C21H27N3O2. The number of ether oxygens (including phenoxy) is 1. The summed E-state index contributed by atoms with van der Waals surface area (Å²) in [6, 6.07) is 13.3. The van der Waals surface area contributed by atoms with E-state index in [1.165, 1.54) is 12.0 Å². The number of fused-ring (bicyclic) bond motifs is 4. The third kappa shape index (κ3) is 3.36. The summed E-state index contributed by atoms with van der Waals surface area (Å²) < 4.78 is 5.40. The lowest BCUT2D eigenvalue weighted by Crippen LogP contribution is -2.49. The SMILES string of the molecule is N#CC1(C(=O)N2C[C@H]3CC[C@@H](C2)N(Cc2ccccc2)C3)CCOCC1. The number of nitrogens with zero attached hydrogens (tertiary/aromatic N) is 3. The van der Waals surface area contributed by atoms with Crippen LogP contribution in [-0.2, 0) is 16.1 Å². The van der Waals surface area contributed by atoms with Crippen LogP contribution in [0.15, 0.2) is 30.3 Å². The number of rotatable bonds is 3. The summed E-state index contributed by atoms with van der Waals surface area (Å²) in [7, 11) is 0. The maximum atomic E-state index is 13.3. The van der Waals surface area contributed by atoms with Gasteiger partial charge in [-0.2, -0.15) is 5.26 Å². The highest BCUT2D eigenvalue weighted by atomic mass is 16.5. The number of piperidine rings is 1. The maximum Gasteiger partial charge on any atom is 0.243 e. The molecule has 0 aromatic heterocycles. The molecule has 2 atom stereocenters. The predicted molar refractivity (Wildman–Crippen MR) is 98.0 cm³/mol. The molecule has 1 aromatic carbocycles. The van der Waals surface area contributed by atoms with Gasteiger partial charge >= 0.3 is 0 Å². The first-order chi connectivity index (χ1) is 12.7. The Balaban J connectivity index is 1.49. The zero-order chi connectivity index (χ0) is 18.0. The number of nitriles is 1. The van der Waals surface area contributed by atoms with E-state index in [-0.39, 0.29) is 5.91 Å². The Morgan fingerprint density at radius 2 is 1.92 bits per heavy atom. The number of carbonyl (C=O) groups excluding carboxylic acids is 1. The van der Waals surface area contributed by atoms with Crippen molar-refractivity contribution >= 4 is 5.91 Å². The number of carbonyl (C=O) groups is 1. The molecule has 0 spiro atoms. The summed E-state index contributed by atoms with van der Waals surface area (Å²) >= 11 is 0. The zero-order valence-corrected chi connectivity index (χ0v) is 15.3. The van der Waals surface area contributed by atoms with Gasteiger partial charge in [0.25, 0.3) is 0 Å². The van der Waals surface area contributed by atoms with Crippen LogP contribution < -0.4 is 0 Å². The van der Waals surface area contributed by atoms with Crippen molar-refractivity contribution in [3.8, 4) is 6.07 Å². The van der Waals surface area contributed by atoms with E-state index in [9.17, 15) is 10.1 Å². The van der Waals surface area contributed by atoms with Gasteiger partial charge in [0.05, 0.1) is 6.07 Å². The van der Waals surface area contributed by atoms with Crippen molar-refractivity contribution in [1.82, 2.24) is 9.80 Å². The van der Waals surface area contributed by atoms with Crippen LogP contribution in [-0.4, -0.2) is 54.6 Å². The van der Waals surface area contributed by atoms with Crippen molar-refractivity contribution in [1.29, 1.82) is 5.26 Å². The minimum atomic E-state index is -0.869. The van der Waals surface area contributed by atoms with Crippen molar-refractivity contribution in [2.45, 2.75) is 38.3 Å². The van der Waals surface area contributed by atoms with Crippen LogP contribution in [0, 0.1) is 22.7 Å². The van der Waals surface area contributed by atoms with Gasteiger partial charge in [0, 0.05) is 45.4 Å². The molecule has 0 unspecified atom stereocenters. The summed E-state index contributed by atoms with van der Waals surface area (Å²) in [6.45, 7) is 4.57. The quantitative estimate of drug-likeness (QED) is 0.837. The average molecular weight is 353 g/mol. The number of hydrogen-bond acceptors (Lipinski definition) is 4. The van der Waals surface area contributed by atoms with Gasteiger partial charge in [0.2, 0.25) is 5.91 Å². The first-order valence-corrected chi connectivity index (χ1v) is 9.76. The van der Waals surface area contributed by atoms with E-state index in [1.54, 1.807) is 0 Å². The fourth-order valence-electron chi connectivity index (χ4n) is 4.75. The molecular weight excluding hydrogens is 326 g/mol. The molecule has 0 saturated carbocycles. The van der Waals surface area contributed by atoms with Gasteiger partial charge in [-0.3, -0.25) is 9.69 Å². The summed E-state index contributed by atoms with van der Waals surface area (Å²) in [5.74, 6) is 0.554. The molecule has 1 amide bonds. The lowest BCUT2D eigenvalue weighted by atomic mass is 9.80. The Morgan fingerprint density at radius 3 is 2.65 bits per heavy atom. The second-order valence-corrected chi connectivity index (χ2v) is 8.03. The van der Waals surface area contributed by atoms with Crippen LogP contribution >= 0.6 is 0 Å². The number of hydrogen-bond donors (Lipinski definition) is 0. The first-order valence-electron chi connectivity index (χ1n) is 9.76. The highest BCUT2D eigenvalue weighted by molar-refractivity contribution is 5.85. The molecule has 5 nitrogen and oxygen atoms in total. The maximum absolute atomic E-state index is 13.3. The fraction of sp³-hybridized carbons (Fsp3) is 0.619. The largest absolute Gasteiger partial charge is 0.381 e. The topological polar surface area (TPSA) is 56.6 Å². The lowest BCUT2D eigenvalue weighted by Gasteiger charge is -2.36. The molecule has 4 saturated heterocycles. The van der Waals surface area contributed by atoms with Crippen LogP contribution in [0.25, 0.3) is 0 Å². The highest BCUT2D eigenvalue weighted by Crippen LogP contribution is 2.35. The van der Waals surface area contributed by atoms with Crippen molar-refractivity contribution < 1.29 is 9.53 Å². The van der Waals surface area contributed by atoms with Gasteiger partial charge in [0.1, 0.15) is 5.41 Å². The molecule has 138 valence electrons. The van der Waals surface area contributed by atoms with Crippen LogP contribution in [0.3, 0.4) is 0 Å². The first kappa shape index (κ1) is 17.5. The Kier molecular flexibility index (Phi) is 4.97. The Morgan fingerprint density at radius 1 is 1.15 bits per heavy atom. The summed E-state index contributed by atoms with van der Waals surface area (Å²) in [5, 5.41) is 9.74. The minimum absolute atomic E-state index is 0.0433. The van der Waals surface area contributed by atoms with Crippen LogP contribution in [0.4, 0.5) is 0 Å². The van der Waals surface area contributed by atoms with E-state index >= 15 is 0 Å². The van der Waals surface area contributed by atoms with Crippen molar-refractivity contribution in [2.75, 3.05) is 32.8 Å². The Hall–Kier alpha value is -1.90. The Bertz CT molecular complexity index is 678. The summed E-state index contributed by atoms with van der Waals surface area (Å²) in [6.07, 6.45) is 3.39. The van der Waals surface area contributed by atoms with Gasteiger partial charge in [-0.15, -0.1) is 0 Å². The summed E-state index contributed by atoms with van der Waals surface area (Å²) in [5.41, 5.74) is 0.461. The smallest absolute Gasteiger partial charge is 0.243 e. The van der Waals surface area contributed by atoms with Crippen LogP contribution in [0.1, 0.15) is 31.2 Å². The van der Waals surface area contributed by atoms with E-state index in [0.29, 0.717) is 38.0 Å². The highest BCUT2D eigenvalue weighted by Gasteiger charge is 2.46. The normalized spacial score (nSPS) is 28.3. The number of amides is 1. The molecule has 1 aromatic rings. The minimum Gasteiger partial charge on any atom is -0.381 e. The van der Waals surface area contributed by atoms with Gasteiger partial charge in [-0.05, 0) is 37.2 Å². The molecule has 4 aliphatic rings. The van der Waals surface area contributed by atoms with Gasteiger partial charge in [-0.1, -0.05) is 30.3 Å². The molecule has 2 bridgehead atoms. The van der Waals surface area contributed by atoms with Crippen molar-refractivity contribution in [3.63, 3.8) is 0 Å². The third-order valence-electron chi connectivity index (χ3n) is 6.31. The second-order valence-electron chi connectivity index (χ2n) is 8.03. The molecule has 26 heavy (non-hydrogen) atoms. The fourth-order valence-corrected chi connectivity index (χ4v) is 4.75. The molecule has 0 N–H and O–H groups in total. The van der Waals surface area contributed by atoms with E-state index in [2.05, 4.69) is 35.2 Å². The summed E-state index contributed by atoms with van der Waals surface area (Å²) in [4.78, 5) is 17.8. The monoisotopic (exact) mass is 353 g/mol. The molecule has 4 aliphatic heterocycles. The molecule has 5 heteroatoms. The third-order valence-corrected chi connectivity index (χ3v) is 6.31. The van der Waals surface area contributed by atoms with E-state index in [4.69, 9.17) is 4.74 Å². The Labute approximate surface area is 155 Å². The van der Waals surface area contributed by atoms with E-state index in [0.717, 1.165) is 32.6 Å². The number of benzene rings is 1. The average Bonchev–Trinajstić information content (AvgIpc) is 3.00. The van der Waals surface area contributed by atoms with Crippen LogP contribution in [0.5, 0.6) is 0 Å². The molecule has 0 radical (unpaired) electrons. The molecule has 0 aliphatic carbocycles. The van der Waals surface area contributed by atoms with Gasteiger partial charge in [-0.25, -0.2) is 0 Å². The van der Waals surface area contributed by atoms with Crippen molar-refractivity contribution in [3.05, 3.63) is 35.9 Å². The van der Waals surface area contributed by atoms with Crippen molar-refractivity contribution in [2.24, 2.45) is 11.3 Å².